The lowest BCUT2D eigenvalue weighted by Crippen LogP contribution is -2.09. The summed E-state index contributed by atoms with van der Waals surface area (Å²) in [5.74, 6) is 0.944. The lowest BCUT2D eigenvalue weighted by Gasteiger charge is -2.06. The molecule has 0 spiro atoms. The second-order valence-corrected chi connectivity index (χ2v) is 5.01. The second kappa shape index (κ2) is 5.89. The van der Waals surface area contributed by atoms with E-state index in [9.17, 15) is 0 Å². The van der Waals surface area contributed by atoms with Crippen molar-refractivity contribution in [3.8, 4) is 0 Å². The van der Waals surface area contributed by atoms with Crippen LogP contribution in [0.5, 0.6) is 0 Å². The number of aliphatic hydroxyl groups excluding tert-OH is 1. The highest BCUT2D eigenvalue weighted by Gasteiger charge is 2.05. The normalized spacial score (nSPS) is 12.6. The van der Waals surface area contributed by atoms with Crippen LogP contribution in [0.1, 0.15) is 18.5 Å². The Hall–Kier alpha value is -1.26. The topological polar surface area (TPSA) is 38.0 Å². The van der Waals surface area contributed by atoms with Crippen LogP contribution < -0.4 is 0 Å². The number of thioether (sulfide) groups is 1. The molecule has 0 aliphatic heterocycles. The molecule has 0 aliphatic carbocycles. The molecule has 17 heavy (non-hydrogen) atoms. The van der Waals surface area contributed by atoms with Crippen molar-refractivity contribution >= 4 is 11.8 Å². The van der Waals surface area contributed by atoms with E-state index in [-0.39, 0.29) is 12.6 Å². The van der Waals surface area contributed by atoms with E-state index in [0.29, 0.717) is 0 Å². The molecular weight excluding hydrogens is 232 g/mol. The minimum absolute atomic E-state index is 0.0427. The first-order chi connectivity index (χ1) is 8.29. The Labute approximate surface area is 105 Å². The predicted octanol–water partition coefficient (Wildman–Crippen LogP) is 2.73. The summed E-state index contributed by atoms with van der Waals surface area (Å²) in [7, 11) is 0. The van der Waals surface area contributed by atoms with Crippen LogP contribution in [-0.2, 0) is 5.75 Å². The molecule has 2 rings (SSSR count). The van der Waals surface area contributed by atoms with E-state index < -0.39 is 0 Å². The fourth-order valence-electron chi connectivity index (χ4n) is 1.46. The molecule has 0 radical (unpaired) electrons. The van der Waals surface area contributed by atoms with Crippen molar-refractivity contribution in [1.82, 2.24) is 9.78 Å². The molecule has 0 fully saturated rings. The number of aliphatic hydroxyl groups is 1. The zero-order chi connectivity index (χ0) is 12.1. The van der Waals surface area contributed by atoms with Crippen molar-refractivity contribution in [2.45, 2.75) is 23.6 Å². The van der Waals surface area contributed by atoms with Gasteiger partial charge in [-0.05, 0) is 12.5 Å². The molecule has 0 amide bonds. The first-order valence-electron chi connectivity index (χ1n) is 5.61. The average Bonchev–Trinajstić information content (AvgIpc) is 2.85. The molecule has 0 aliphatic rings. The quantitative estimate of drug-likeness (QED) is 0.827. The summed E-state index contributed by atoms with van der Waals surface area (Å²) in [5, 5.41) is 13.3. The van der Waals surface area contributed by atoms with Crippen molar-refractivity contribution in [3.05, 3.63) is 48.3 Å². The molecule has 0 bridgehead atoms. The Morgan fingerprint density at radius 2 is 2.12 bits per heavy atom. The molecule has 0 saturated heterocycles. The molecule has 90 valence electrons. The summed E-state index contributed by atoms with van der Waals surface area (Å²) in [5.41, 5.74) is 1.31. The van der Waals surface area contributed by atoms with Gasteiger partial charge in [-0.15, -0.1) is 11.8 Å². The van der Waals surface area contributed by atoms with Crippen LogP contribution in [-0.4, -0.2) is 21.5 Å². The molecule has 1 atom stereocenters. The Morgan fingerprint density at radius 1 is 1.35 bits per heavy atom. The van der Waals surface area contributed by atoms with Crippen LogP contribution in [0.15, 0.2) is 47.6 Å². The van der Waals surface area contributed by atoms with Crippen LogP contribution in [0.25, 0.3) is 0 Å². The third-order valence-electron chi connectivity index (χ3n) is 2.54. The summed E-state index contributed by atoms with van der Waals surface area (Å²) < 4.78 is 1.80. The predicted molar refractivity (Wildman–Crippen MR) is 70.0 cm³/mol. The maximum absolute atomic E-state index is 9.04. The van der Waals surface area contributed by atoms with Gasteiger partial charge < -0.3 is 5.11 Å². The van der Waals surface area contributed by atoms with Crippen molar-refractivity contribution in [3.63, 3.8) is 0 Å². The van der Waals surface area contributed by atoms with Gasteiger partial charge in [0.25, 0.3) is 0 Å². The van der Waals surface area contributed by atoms with E-state index in [1.807, 2.05) is 37.5 Å². The van der Waals surface area contributed by atoms with Gasteiger partial charge in [-0.2, -0.15) is 5.10 Å². The highest BCUT2D eigenvalue weighted by molar-refractivity contribution is 7.98. The van der Waals surface area contributed by atoms with Gasteiger partial charge in [-0.25, -0.2) is 0 Å². The summed E-state index contributed by atoms with van der Waals surface area (Å²) in [6.07, 6.45) is 3.83. The zero-order valence-electron chi connectivity index (χ0n) is 9.78. The molecule has 1 unspecified atom stereocenters. The van der Waals surface area contributed by atoms with E-state index >= 15 is 0 Å². The van der Waals surface area contributed by atoms with Crippen LogP contribution in [0.4, 0.5) is 0 Å². The van der Waals surface area contributed by atoms with Gasteiger partial charge in [0.15, 0.2) is 0 Å². The Balaban J connectivity index is 1.94. The molecule has 3 nitrogen and oxygen atoms in total. The molecule has 1 heterocycles. The van der Waals surface area contributed by atoms with E-state index in [1.54, 1.807) is 16.4 Å². The zero-order valence-corrected chi connectivity index (χ0v) is 10.6. The van der Waals surface area contributed by atoms with Crippen LogP contribution in [0.2, 0.25) is 0 Å². The average molecular weight is 248 g/mol. The van der Waals surface area contributed by atoms with E-state index in [1.165, 1.54) is 5.56 Å². The van der Waals surface area contributed by atoms with Gasteiger partial charge in [0.1, 0.15) is 0 Å². The van der Waals surface area contributed by atoms with Crippen LogP contribution >= 0.6 is 11.8 Å². The summed E-state index contributed by atoms with van der Waals surface area (Å²) >= 11 is 1.76. The summed E-state index contributed by atoms with van der Waals surface area (Å²) in [4.78, 5) is 1.13. The first kappa shape index (κ1) is 12.2. The molecule has 1 N–H and O–H groups in total. The van der Waals surface area contributed by atoms with E-state index in [0.717, 1.165) is 10.6 Å². The smallest absolute Gasteiger partial charge is 0.0722 e. The summed E-state index contributed by atoms with van der Waals surface area (Å²) in [6, 6.07) is 10.4. The monoisotopic (exact) mass is 248 g/mol. The number of aromatic nitrogens is 2. The largest absolute Gasteiger partial charge is 0.394 e. The number of rotatable bonds is 5. The minimum Gasteiger partial charge on any atom is -0.394 e. The lowest BCUT2D eigenvalue weighted by molar-refractivity contribution is 0.229. The van der Waals surface area contributed by atoms with Crippen LogP contribution in [0.3, 0.4) is 0 Å². The van der Waals surface area contributed by atoms with Gasteiger partial charge in [-0.3, -0.25) is 4.68 Å². The number of hydrogen-bond acceptors (Lipinski definition) is 3. The maximum Gasteiger partial charge on any atom is 0.0722 e. The van der Waals surface area contributed by atoms with Crippen molar-refractivity contribution in [2.75, 3.05) is 6.61 Å². The Morgan fingerprint density at radius 3 is 2.82 bits per heavy atom. The Bertz CT molecular complexity index is 455. The Kier molecular flexibility index (Phi) is 4.23. The second-order valence-electron chi connectivity index (χ2n) is 3.96. The van der Waals surface area contributed by atoms with Crippen molar-refractivity contribution < 1.29 is 5.11 Å². The summed E-state index contributed by atoms with van der Waals surface area (Å²) in [6.45, 7) is 2.06. The lowest BCUT2D eigenvalue weighted by atomic mass is 10.2. The number of hydrogen-bond donors (Lipinski definition) is 1. The molecule has 0 saturated carbocycles. The first-order valence-corrected chi connectivity index (χ1v) is 6.60. The van der Waals surface area contributed by atoms with Gasteiger partial charge >= 0.3 is 0 Å². The number of benzene rings is 1. The molecule has 1 aromatic heterocycles. The number of nitrogens with zero attached hydrogens (tertiary/aromatic N) is 2. The maximum atomic E-state index is 9.04. The standard InChI is InChI=1S/C13H16N2OS/c1-11(9-16)15-8-13(7-14-15)17-10-12-5-3-2-4-6-12/h2-8,11,16H,9-10H2,1H3. The van der Waals surface area contributed by atoms with Crippen molar-refractivity contribution in [1.29, 1.82) is 0 Å². The molecule has 2 aromatic rings. The van der Waals surface area contributed by atoms with Crippen LogP contribution in [0, 0.1) is 0 Å². The van der Waals surface area contributed by atoms with E-state index in [2.05, 4.69) is 17.2 Å². The molecule has 4 heteroatoms. The van der Waals surface area contributed by atoms with Gasteiger partial charge in [-0.1, -0.05) is 30.3 Å². The fourth-order valence-corrected chi connectivity index (χ4v) is 2.29. The molecule has 1 aromatic carbocycles. The van der Waals surface area contributed by atoms with Crippen molar-refractivity contribution in [2.24, 2.45) is 0 Å². The fraction of sp³-hybridized carbons (Fsp3) is 0.308. The highest BCUT2D eigenvalue weighted by atomic mass is 32.2. The molecular formula is C13H16N2OS. The highest BCUT2D eigenvalue weighted by Crippen LogP contribution is 2.22. The minimum atomic E-state index is 0.0427. The third-order valence-corrected chi connectivity index (χ3v) is 3.56. The van der Waals surface area contributed by atoms with E-state index in [4.69, 9.17) is 5.11 Å². The van der Waals surface area contributed by atoms with Gasteiger partial charge in [0.2, 0.25) is 0 Å². The third kappa shape index (κ3) is 3.35. The van der Waals surface area contributed by atoms with Gasteiger partial charge in [0.05, 0.1) is 18.8 Å². The SMILES string of the molecule is CC(CO)n1cc(SCc2ccccc2)cn1. The van der Waals surface area contributed by atoms with Gasteiger partial charge in [0, 0.05) is 16.8 Å².